The van der Waals surface area contributed by atoms with Crippen LogP contribution in [0, 0.1) is 0 Å². The van der Waals surface area contributed by atoms with Crippen LogP contribution in [0.2, 0.25) is 0 Å². The van der Waals surface area contributed by atoms with Crippen molar-refractivity contribution in [1.29, 1.82) is 0 Å². The molecule has 54 valence electrons. The smallest absolute Gasteiger partial charge is 0.208 e. The van der Waals surface area contributed by atoms with E-state index >= 15 is 0 Å². The van der Waals surface area contributed by atoms with Crippen molar-refractivity contribution in [2.75, 3.05) is 12.8 Å². The summed E-state index contributed by atoms with van der Waals surface area (Å²) in [5, 5.41) is 1.82. The van der Waals surface area contributed by atoms with Crippen LogP contribution in [0.4, 0.5) is 0 Å². The summed E-state index contributed by atoms with van der Waals surface area (Å²) in [5.41, 5.74) is 0. The third kappa shape index (κ3) is 2.31. The van der Waals surface area contributed by atoms with Gasteiger partial charge in [-0.25, -0.2) is 4.58 Å². The molecule has 0 fully saturated rings. The molecular weight excluding hydrogens is 265 g/mol. The number of hydrogen-bond donors (Lipinski definition) is 1. The van der Waals surface area contributed by atoms with Crippen LogP contribution >= 0.6 is 24.4 Å². The molecule has 0 amide bonds. The van der Waals surface area contributed by atoms with Crippen molar-refractivity contribution in [3.8, 4) is 0 Å². The normalized spacial score (nSPS) is 26.3. The zero-order valence-electron chi connectivity index (χ0n) is 5.47. The van der Waals surface area contributed by atoms with Gasteiger partial charge in [-0.15, -0.1) is 12.6 Å². The molecule has 1 atom stereocenters. The average Bonchev–Trinajstić information content (AvgIpc) is 1.98. The Balaban J connectivity index is 0.000000640. The van der Waals surface area contributed by atoms with Crippen LogP contribution in [-0.2, 0) is 0 Å². The molecule has 0 bridgehead atoms. The van der Waals surface area contributed by atoms with E-state index in [2.05, 4.69) is 31.2 Å². The summed E-state index contributed by atoms with van der Waals surface area (Å²) in [7, 11) is 2.08. The van der Waals surface area contributed by atoms with Gasteiger partial charge in [0.1, 0.15) is 7.05 Å². The summed E-state index contributed by atoms with van der Waals surface area (Å²) < 4.78 is 2.19. The van der Waals surface area contributed by atoms with E-state index in [9.17, 15) is 0 Å². The largest absolute Gasteiger partial charge is 1.00 e. The van der Waals surface area contributed by atoms with Crippen LogP contribution in [0.1, 0.15) is 6.92 Å². The maximum Gasteiger partial charge on any atom is 0.208 e. The Morgan fingerprint density at radius 3 is 2.44 bits per heavy atom. The molecule has 1 rings (SSSR count). The third-order valence-corrected chi connectivity index (χ3v) is 3.35. The highest BCUT2D eigenvalue weighted by Crippen LogP contribution is 2.17. The fraction of sp³-hybridized carbons (Fsp3) is 0.800. The monoisotopic (exact) mass is 275 g/mol. The average molecular weight is 275 g/mol. The number of hydrogen-bond acceptors (Lipinski definition) is 2. The standard InChI is InChI=1S/C5H9NS2.HI/c1-4-6(2)5(7)3-8-4;/h5H,3H2,1-2H3;1H. The first-order valence-electron chi connectivity index (χ1n) is 2.59. The van der Waals surface area contributed by atoms with Crippen molar-refractivity contribution in [2.45, 2.75) is 12.3 Å². The molecular formula is C5H10INS2. The van der Waals surface area contributed by atoms with Crippen LogP contribution in [0.3, 0.4) is 0 Å². The SMILES string of the molecule is CC1=[N+](C)C(S)CS1.[I-]. The van der Waals surface area contributed by atoms with Crippen molar-refractivity contribution in [3.63, 3.8) is 0 Å². The summed E-state index contributed by atoms with van der Waals surface area (Å²) in [6.45, 7) is 2.13. The Labute approximate surface area is 82.7 Å². The van der Waals surface area contributed by atoms with E-state index in [0.29, 0.717) is 5.37 Å². The fourth-order valence-corrected chi connectivity index (χ4v) is 2.04. The summed E-state index contributed by atoms with van der Waals surface area (Å²) in [4.78, 5) is 0. The number of rotatable bonds is 0. The Morgan fingerprint density at radius 1 is 1.78 bits per heavy atom. The van der Waals surface area contributed by atoms with Gasteiger partial charge in [0.25, 0.3) is 0 Å². The maximum atomic E-state index is 4.33. The quantitative estimate of drug-likeness (QED) is 0.306. The molecule has 0 saturated carbocycles. The molecule has 0 N–H and O–H groups in total. The summed E-state index contributed by atoms with van der Waals surface area (Å²) >= 11 is 6.21. The second-order valence-corrected chi connectivity index (χ2v) is 3.73. The Bertz CT molecular complexity index is 135. The minimum atomic E-state index is 0. The van der Waals surface area contributed by atoms with Gasteiger partial charge in [-0.05, 0) is 0 Å². The topological polar surface area (TPSA) is 3.01 Å². The Kier molecular flexibility index (Phi) is 4.58. The van der Waals surface area contributed by atoms with E-state index in [1.54, 1.807) is 0 Å². The number of halogens is 1. The zero-order chi connectivity index (χ0) is 6.15. The van der Waals surface area contributed by atoms with Crippen molar-refractivity contribution in [2.24, 2.45) is 0 Å². The van der Waals surface area contributed by atoms with Crippen molar-refractivity contribution in [1.82, 2.24) is 0 Å². The number of nitrogens with zero attached hydrogens (tertiary/aromatic N) is 1. The van der Waals surface area contributed by atoms with Crippen LogP contribution in [0.25, 0.3) is 0 Å². The van der Waals surface area contributed by atoms with E-state index < -0.39 is 0 Å². The molecule has 0 radical (unpaired) electrons. The summed E-state index contributed by atoms with van der Waals surface area (Å²) in [6, 6.07) is 0. The van der Waals surface area contributed by atoms with Gasteiger partial charge in [-0.2, -0.15) is 0 Å². The number of thioether (sulfide) groups is 1. The van der Waals surface area contributed by atoms with Crippen molar-refractivity contribution < 1.29 is 28.6 Å². The zero-order valence-corrected chi connectivity index (χ0v) is 9.33. The first kappa shape index (κ1) is 10.1. The van der Waals surface area contributed by atoms with Crippen LogP contribution in [0.15, 0.2) is 0 Å². The molecule has 1 heterocycles. The van der Waals surface area contributed by atoms with Gasteiger partial charge in [0.05, 0.1) is 5.75 Å². The van der Waals surface area contributed by atoms with E-state index in [-0.39, 0.29) is 24.0 Å². The molecule has 9 heavy (non-hydrogen) atoms. The highest BCUT2D eigenvalue weighted by atomic mass is 127. The highest BCUT2D eigenvalue weighted by Gasteiger charge is 2.23. The summed E-state index contributed by atoms with van der Waals surface area (Å²) in [6.07, 6.45) is 0. The second kappa shape index (κ2) is 4.08. The third-order valence-electron chi connectivity index (χ3n) is 1.39. The van der Waals surface area contributed by atoms with Gasteiger partial charge < -0.3 is 24.0 Å². The molecule has 1 unspecified atom stereocenters. The van der Waals surface area contributed by atoms with Crippen LogP contribution in [0.5, 0.6) is 0 Å². The second-order valence-electron chi connectivity index (χ2n) is 1.92. The van der Waals surface area contributed by atoms with Gasteiger partial charge in [0.15, 0.2) is 0 Å². The van der Waals surface area contributed by atoms with Gasteiger partial charge in [-0.3, -0.25) is 0 Å². The minimum Gasteiger partial charge on any atom is -1.00 e. The van der Waals surface area contributed by atoms with E-state index in [0.717, 1.165) is 5.75 Å². The molecule has 1 aliphatic rings. The van der Waals surface area contributed by atoms with E-state index in [1.807, 2.05) is 11.8 Å². The van der Waals surface area contributed by atoms with E-state index in [4.69, 9.17) is 0 Å². The lowest BCUT2D eigenvalue weighted by molar-refractivity contribution is -0.500. The minimum absolute atomic E-state index is 0. The first-order valence-corrected chi connectivity index (χ1v) is 4.09. The lowest BCUT2D eigenvalue weighted by Crippen LogP contribution is -3.00. The molecule has 0 aromatic carbocycles. The van der Waals surface area contributed by atoms with Crippen molar-refractivity contribution >= 4 is 29.4 Å². The van der Waals surface area contributed by atoms with Gasteiger partial charge >= 0.3 is 0 Å². The Morgan fingerprint density at radius 2 is 2.33 bits per heavy atom. The predicted octanol–water partition coefficient (Wildman–Crippen LogP) is -1.95. The lowest BCUT2D eigenvalue weighted by Gasteiger charge is -1.93. The van der Waals surface area contributed by atoms with E-state index in [1.165, 1.54) is 5.04 Å². The highest BCUT2D eigenvalue weighted by molar-refractivity contribution is 8.14. The van der Waals surface area contributed by atoms with Crippen LogP contribution in [-0.4, -0.2) is 27.8 Å². The lowest BCUT2D eigenvalue weighted by atomic mass is 10.7. The molecule has 0 spiro atoms. The summed E-state index contributed by atoms with van der Waals surface area (Å²) in [5.74, 6) is 1.13. The van der Waals surface area contributed by atoms with Gasteiger partial charge in [0.2, 0.25) is 10.4 Å². The fourth-order valence-electron chi connectivity index (χ4n) is 0.619. The van der Waals surface area contributed by atoms with Gasteiger partial charge in [-0.1, -0.05) is 11.8 Å². The maximum absolute atomic E-state index is 4.33. The molecule has 0 aromatic rings. The molecule has 0 aliphatic carbocycles. The molecule has 4 heteroatoms. The first-order chi connectivity index (χ1) is 3.72. The van der Waals surface area contributed by atoms with Crippen molar-refractivity contribution in [3.05, 3.63) is 0 Å². The Hall–Kier alpha value is 1.10. The molecule has 1 nitrogen and oxygen atoms in total. The predicted molar refractivity (Wildman–Crippen MR) is 42.1 cm³/mol. The number of thiol groups is 1. The molecule has 0 aromatic heterocycles. The molecule has 0 saturated heterocycles. The van der Waals surface area contributed by atoms with Crippen LogP contribution < -0.4 is 24.0 Å². The van der Waals surface area contributed by atoms with Gasteiger partial charge in [0, 0.05) is 6.92 Å². The molecule has 1 aliphatic heterocycles.